The van der Waals surface area contributed by atoms with Crippen LogP contribution < -0.4 is 0 Å². The number of thioether (sulfide) groups is 1. The van der Waals surface area contributed by atoms with Crippen molar-refractivity contribution in [1.82, 2.24) is 4.90 Å². The van der Waals surface area contributed by atoms with Crippen molar-refractivity contribution < 1.29 is 14.4 Å². The summed E-state index contributed by atoms with van der Waals surface area (Å²) in [7, 11) is 0. The van der Waals surface area contributed by atoms with Crippen molar-refractivity contribution in [3.05, 3.63) is 88.8 Å². The van der Waals surface area contributed by atoms with Gasteiger partial charge >= 0.3 is 0 Å². The van der Waals surface area contributed by atoms with E-state index < -0.39 is 11.1 Å². The molecule has 3 rings (SSSR count). The van der Waals surface area contributed by atoms with Crippen LogP contribution in [0.4, 0.5) is 4.79 Å². The van der Waals surface area contributed by atoms with Gasteiger partial charge in [0.2, 0.25) is 0 Å². The van der Waals surface area contributed by atoms with E-state index >= 15 is 0 Å². The van der Waals surface area contributed by atoms with E-state index in [0.29, 0.717) is 10.5 Å². The van der Waals surface area contributed by atoms with Crippen molar-refractivity contribution in [3.8, 4) is 0 Å². The third kappa shape index (κ3) is 4.14. The number of Topliss-reactive ketones (excluding diaryl/α,β-unsaturated/α-hetero) is 1. The Kier molecular flexibility index (Phi) is 5.26. The molecule has 0 unspecified atom stereocenters. The van der Waals surface area contributed by atoms with Gasteiger partial charge in [-0.25, -0.2) is 0 Å². The summed E-state index contributed by atoms with van der Waals surface area (Å²) in [5, 5.41) is -0.423. The zero-order valence-electron chi connectivity index (χ0n) is 13.3. The van der Waals surface area contributed by atoms with Crippen LogP contribution in [0.2, 0.25) is 0 Å². The van der Waals surface area contributed by atoms with E-state index in [1.54, 1.807) is 42.5 Å². The van der Waals surface area contributed by atoms with Gasteiger partial charge < -0.3 is 0 Å². The molecule has 0 aromatic heterocycles. The van der Waals surface area contributed by atoms with E-state index in [1.165, 1.54) is 0 Å². The Hall–Kier alpha value is -2.92. The number of nitrogens with zero attached hydrogens (tertiary/aromatic N) is 1. The minimum Gasteiger partial charge on any atom is -0.292 e. The summed E-state index contributed by atoms with van der Waals surface area (Å²) < 4.78 is 0. The van der Waals surface area contributed by atoms with Crippen LogP contribution in [0.1, 0.15) is 15.9 Å². The minimum absolute atomic E-state index is 0.242. The molecule has 124 valence electrons. The smallest absolute Gasteiger partial charge is 0.292 e. The number of amides is 2. The third-order valence-electron chi connectivity index (χ3n) is 3.61. The lowest BCUT2D eigenvalue weighted by Gasteiger charge is -2.11. The van der Waals surface area contributed by atoms with Gasteiger partial charge in [0.1, 0.15) is 0 Å². The first-order valence-corrected chi connectivity index (χ1v) is 8.52. The van der Waals surface area contributed by atoms with Crippen LogP contribution in [0.25, 0.3) is 6.08 Å². The summed E-state index contributed by atoms with van der Waals surface area (Å²) in [5.74, 6) is -0.694. The molecule has 1 heterocycles. The molecule has 0 saturated carbocycles. The van der Waals surface area contributed by atoms with Gasteiger partial charge in [-0.1, -0.05) is 72.8 Å². The van der Waals surface area contributed by atoms with Gasteiger partial charge in [-0.05, 0) is 23.4 Å². The van der Waals surface area contributed by atoms with Gasteiger partial charge in [-0.2, -0.15) is 0 Å². The zero-order chi connectivity index (χ0) is 17.6. The van der Waals surface area contributed by atoms with E-state index in [1.807, 2.05) is 36.4 Å². The molecule has 1 fully saturated rings. The van der Waals surface area contributed by atoms with E-state index in [0.717, 1.165) is 22.2 Å². The summed E-state index contributed by atoms with van der Waals surface area (Å²) in [4.78, 5) is 37.9. The highest BCUT2D eigenvalue weighted by molar-refractivity contribution is 8.18. The molecule has 2 aromatic rings. The first-order valence-electron chi connectivity index (χ1n) is 7.70. The Morgan fingerprint density at radius 1 is 0.960 bits per heavy atom. The molecule has 25 heavy (non-hydrogen) atoms. The molecular formula is C20H15NO3S. The number of ketones is 1. The first-order chi connectivity index (χ1) is 12.1. The molecule has 0 N–H and O–H groups in total. The topological polar surface area (TPSA) is 54.5 Å². The molecule has 1 saturated heterocycles. The van der Waals surface area contributed by atoms with Crippen LogP contribution in [-0.4, -0.2) is 28.4 Å². The van der Waals surface area contributed by atoms with Crippen LogP contribution in [0.5, 0.6) is 0 Å². The van der Waals surface area contributed by atoms with Crippen molar-refractivity contribution in [2.45, 2.75) is 0 Å². The van der Waals surface area contributed by atoms with Crippen LogP contribution >= 0.6 is 11.8 Å². The molecule has 0 bridgehead atoms. The summed E-state index contributed by atoms with van der Waals surface area (Å²) in [6, 6.07) is 18.3. The lowest BCUT2D eigenvalue weighted by molar-refractivity contribution is -0.122. The molecule has 4 nitrogen and oxygen atoms in total. The highest BCUT2D eigenvalue weighted by Crippen LogP contribution is 2.30. The number of hydrogen-bond acceptors (Lipinski definition) is 4. The number of carbonyl (C=O) groups is 3. The summed E-state index contributed by atoms with van der Waals surface area (Å²) in [6.07, 6.45) is 5.18. The second kappa shape index (κ2) is 7.77. The number of benzene rings is 2. The van der Waals surface area contributed by atoms with Crippen molar-refractivity contribution in [2.24, 2.45) is 0 Å². The number of rotatable bonds is 5. The number of imide groups is 1. The predicted octanol–water partition coefficient (Wildman–Crippen LogP) is 4.16. The Labute approximate surface area is 149 Å². The molecule has 2 aromatic carbocycles. The number of hydrogen-bond donors (Lipinski definition) is 0. The fourth-order valence-electron chi connectivity index (χ4n) is 2.32. The van der Waals surface area contributed by atoms with Crippen molar-refractivity contribution in [3.63, 3.8) is 0 Å². The number of allylic oxidation sites excluding steroid dienone is 2. The van der Waals surface area contributed by atoms with Crippen molar-refractivity contribution in [2.75, 3.05) is 6.54 Å². The molecule has 0 aliphatic carbocycles. The van der Waals surface area contributed by atoms with Crippen LogP contribution in [-0.2, 0) is 4.79 Å². The largest absolute Gasteiger partial charge is 0.293 e. The summed E-state index contributed by atoms with van der Waals surface area (Å²) in [5.41, 5.74) is 1.48. The van der Waals surface area contributed by atoms with Gasteiger partial charge in [0.15, 0.2) is 5.78 Å². The fraction of sp³-hybridized carbons (Fsp3) is 0.0500. The van der Waals surface area contributed by atoms with Gasteiger partial charge in [0.05, 0.1) is 11.4 Å². The standard InChI is InChI=1S/C20H15NO3S/c22-17(16-11-5-2-6-12-16)14-21-19(23)18(25-20(21)24)13-7-10-15-8-3-1-4-9-15/h1-13H,14H2/b10-7+,18-13-. The normalized spacial score (nSPS) is 16.2. The minimum atomic E-state index is -0.433. The first kappa shape index (κ1) is 16.9. The fourth-order valence-corrected chi connectivity index (χ4v) is 3.11. The molecule has 2 amide bonds. The molecular weight excluding hydrogens is 334 g/mol. The van der Waals surface area contributed by atoms with Crippen LogP contribution in [0.15, 0.2) is 77.7 Å². The molecule has 0 radical (unpaired) electrons. The maximum atomic E-state index is 12.4. The predicted molar refractivity (Wildman–Crippen MR) is 99.0 cm³/mol. The quantitative estimate of drug-likeness (QED) is 0.601. The monoisotopic (exact) mass is 349 g/mol. The molecule has 1 aliphatic heterocycles. The van der Waals surface area contributed by atoms with E-state index in [2.05, 4.69) is 0 Å². The van der Waals surface area contributed by atoms with Crippen LogP contribution in [0, 0.1) is 0 Å². The second-order valence-electron chi connectivity index (χ2n) is 5.35. The average Bonchev–Trinajstić information content (AvgIpc) is 2.91. The van der Waals surface area contributed by atoms with Crippen molar-refractivity contribution >= 4 is 34.8 Å². The van der Waals surface area contributed by atoms with E-state index in [9.17, 15) is 14.4 Å². The highest BCUT2D eigenvalue weighted by Gasteiger charge is 2.35. The second-order valence-corrected chi connectivity index (χ2v) is 6.34. The van der Waals surface area contributed by atoms with Crippen molar-refractivity contribution in [1.29, 1.82) is 0 Å². The molecule has 0 atom stereocenters. The lowest BCUT2D eigenvalue weighted by Crippen LogP contribution is -2.33. The maximum absolute atomic E-state index is 12.4. The van der Waals surface area contributed by atoms with Gasteiger partial charge in [-0.3, -0.25) is 19.3 Å². The zero-order valence-corrected chi connectivity index (χ0v) is 14.1. The Bertz CT molecular complexity index is 857. The third-order valence-corrected chi connectivity index (χ3v) is 4.53. The van der Waals surface area contributed by atoms with Crippen LogP contribution in [0.3, 0.4) is 0 Å². The Balaban J connectivity index is 1.69. The Morgan fingerprint density at radius 3 is 2.28 bits per heavy atom. The Morgan fingerprint density at radius 2 is 1.60 bits per heavy atom. The van der Waals surface area contributed by atoms with Gasteiger partial charge in [-0.15, -0.1) is 0 Å². The average molecular weight is 349 g/mol. The lowest BCUT2D eigenvalue weighted by atomic mass is 10.1. The van der Waals surface area contributed by atoms with Gasteiger partial charge in [0, 0.05) is 5.56 Å². The maximum Gasteiger partial charge on any atom is 0.293 e. The summed E-state index contributed by atoms with van der Waals surface area (Å²) >= 11 is 0.849. The summed E-state index contributed by atoms with van der Waals surface area (Å²) in [6.45, 7) is -0.242. The molecule has 1 aliphatic rings. The SMILES string of the molecule is O=C(CN1C(=O)S/C(=C\C=C\c2ccccc2)C1=O)c1ccccc1. The highest BCUT2D eigenvalue weighted by atomic mass is 32.2. The molecule has 5 heteroatoms. The van der Waals surface area contributed by atoms with Gasteiger partial charge in [0.25, 0.3) is 11.1 Å². The van der Waals surface area contributed by atoms with E-state index in [-0.39, 0.29) is 12.3 Å². The molecule has 0 spiro atoms. The van der Waals surface area contributed by atoms with E-state index in [4.69, 9.17) is 0 Å². The number of carbonyl (C=O) groups excluding carboxylic acids is 3.